The number of amides is 1. The van der Waals surface area contributed by atoms with Crippen molar-refractivity contribution in [2.45, 2.75) is 32.1 Å². The highest BCUT2D eigenvalue weighted by molar-refractivity contribution is 5.97. The second-order valence-electron chi connectivity index (χ2n) is 4.41. The van der Waals surface area contributed by atoms with Crippen LogP contribution >= 0.6 is 0 Å². The second-order valence-corrected chi connectivity index (χ2v) is 4.41. The quantitative estimate of drug-likeness (QED) is 0.217. The van der Waals surface area contributed by atoms with Gasteiger partial charge in [0.1, 0.15) is 11.6 Å². The number of hydrogen-bond donors (Lipinski definition) is 3. The average molecular weight is 311 g/mol. The van der Waals surface area contributed by atoms with E-state index in [1.807, 2.05) is 0 Å². The minimum atomic E-state index is -0.836. The van der Waals surface area contributed by atoms with E-state index in [2.05, 4.69) is 15.4 Å². The van der Waals surface area contributed by atoms with Crippen molar-refractivity contribution >= 4 is 17.8 Å². The first-order valence-corrected chi connectivity index (χ1v) is 6.91. The number of carboxylic acid groups (broad SMARTS) is 1. The predicted molar refractivity (Wildman–Crippen MR) is 77.4 cm³/mol. The number of nitriles is 1. The summed E-state index contributed by atoms with van der Waals surface area (Å²) in [5, 5.41) is 22.6. The van der Waals surface area contributed by atoms with Crippen LogP contribution in [0.2, 0.25) is 0 Å². The second kappa shape index (κ2) is 12.2. The maximum Gasteiger partial charge on any atom is 0.307 e. The van der Waals surface area contributed by atoms with E-state index in [0.717, 1.165) is 0 Å². The van der Waals surface area contributed by atoms with Crippen LogP contribution in [0.5, 0.6) is 0 Å². The summed E-state index contributed by atoms with van der Waals surface area (Å²) in [5.41, 5.74) is -0.0876. The summed E-state index contributed by atoms with van der Waals surface area (Å²) in [6, 6.07) is 1.76. The zero-order valence-electron chi connectivity index (χ0n) is 12.6. The van der Waals surface area contributed by atoms with Crippen LogP contribution in [-0.2, 0) is 19.1 Å². The van der Waals surface area contributed by atoms with Crippen LogP contribution in [0.3, 0.4) is 0 Å². The van der Waals surface area contributed by atoms with Gasteiger partial charge < -0.3 is 20.5 Å². The molecule has 0 radical (unpaired) electrons. The molecule has 0 saturated heterocycles. The van der Waals surface area contributed by atoms with E-state index in [1.165, 1.54) is 13.3 Å². The molecule has 0 rings (SSSR count). The highest BCUT2D eigenvalue weighted by atomic mass is 16.5. The van der Waals surface area contributed by atoms with Gasteiger partial charge in [0.15, 0.2) is 0 Å². The van der Waals surface area contributed by atoms with Gasteiger partial charge in [-0.15, -0.1) is 0 Å². The highest BCUT2D eigenvalue weighted by Crippen LogP contribution is 1.99. The third-order valence-corrected chi connectivity index (χ3v) is 2.67. The Bertz CT molecular complexity index is 454. The fraction of sp³-hybridized carbons (Fsp3) is 0.571. The van der Waals surface area contributed by atoms with Crippen LogP contribution in [0.15, 0.2) is 11.8 Å². The summed E-state index contributed by atoms with van der Waals surface area (Å²) in [6.07, 6.45) is 3.39. The zero-order valence-corrected chi connectivity index (χ0v) is 12.6. The van der Waals surface area contributed by atoms with Gasteiger partial charge >= 0.3 is 11.9 Å². The Morgan fingerprint density at radius 2 is 1.91 bits per heavy atom. The van der Waals surface area contributed by atoms with E-state index >= 15 is 0 Å². The lowest BCUT2D eigenvalue weighted by molar-refractivity contribution is -0.140. The van der Waals surface area contributed by atoms with Gasteiger partial charge in [-0.05, 0) is 12.8 Å². The molecule has 0 aliphatic rings. The molecule has 3 N–H and O–H groups in total. The number of unbranched alkanes of at least 4 members (excludes halogenated alkanes) is 2. The van der Waals surface area contributed by atoms with Gasteiger partial charge in [-0.25, -0.2) is 0 Å². The van der Waals surface area contributed by atoms with E-state index in [1.54, 1.807) is 6.07 Å². The zero-order chi connectivity index (χ0) is 16.8. The molecule has 8 nitrogen and oxygen atoms in total. The monoisotopic (exact) mass is 311 g/mol. The van der Waals surface area contributed by atoms with Crippen molar-refractivity contribution in [1.82, 2.24) is 10.6 Å². The first kappa shape index (κ1) is 19.4. The van der Waals surface area contributed by atoms with E-state index in [0.29, 0.717) is 25.8 Å². The van der Waals surface area contributed by atoms with Crippen molar-refractivity contribution in [3.05, 3.63) is 11.8 Å². The number of carboxylic acids is 1. The van der Waals surface area contributed by atoms with Crippen LogP contribution < -0.4 is 10.6 Å². The van der Waals surface area contributed by atoms with E-state index in [-0.39, 0.29) is 30.9 Å². The molecule has 122 valence electrons. The highest BCUT2D eigenvalue weighted by Gasteiger charge is 2.08. The Labute approximate surface area is 129 Å². The molecule has 0 heterocycles. The topological polar surface area (TPSA) is 129 Å². The summed E-state index contributed by atoms with van der Waals surface area (Å²) in [6.45, 7) is 0.639. The van der Waals surface area contributed by atoms with Gasteiger partial charge in [-0.1, -0.05) is 6.42 Å². The standard InChI is InChI=1S/C14H21N3O5/c1-22-13(20)6-8-16-10-11(9-15)14(21)17-7-4-2-3-5-12(18)19/h10,16H,2-8H2,1H3,(H,17,21)(H,18,19)/b11-10-. The van der Waals surface area contributed by atoms with Crippen LogP contribution in [0, 0.1) is 11.3 Å². The number of carbonyl (C=O) groups is 3. The van der Waals surface area contributed by atoms with Crippen molar-refractivity contribution in [3.63, 3.8) is 0 Å². The number of ether oxygens (including phenoxy) is 1. The summed E-state index contributed by atoms with van der Waals surface area (Å²) in [7, 11) is 1.28. The molecule has 1 amide bonds. The molecular weight excluding hydrogens is 290 g/mol. The molecule has 0 saturated carbocycles. The molecule has 0 atom stereocenters. The summed E-state index contributed by atoms with van der Waals surface area (Å²) in [5.74, 6) is -1.73. The van der Waals surface area contributed by atoms with Crippen LogP contribution in [0.25, 0.3) is 0 Å². The molecule has 8 heteroatoms. The number of methoxy groups -OCH3 is 1. The lowest BCUT2D eigenvalue weighted by Gasteiger charge is -2.04. The van der Waals surface area contributed by atoms with E-state index in [9.17, 15) is 14.4 Å². The number of rotatable bonds is 11. The van der Waals surface area contributed by atoms with Crippen molar-refractivity contribution in [2.75, 3.05) is 20.2 Å². The van der Waals surface area contributed by atoms with E-state index in [4.69, 9.17) is 10.4 Å². The van der Waals surface area contributed by atoms with E-state index < -0.39 is 11.9 Å². The molecule has 0 spiro atoms. The van der Waals surface area contributed by atoms with Crippen molar-refractivity contribution in [3.8, 4) is 6.07 Å². The number of esters is 1. The maximum absolute atomic E-state index is 11.7. The van der Waals surface area contributed by atoms with Crippen molar-refractivity contribution < 1.29 is 24.2 Å². The SMILES string of the molecule is COC(=O)CCN/C=C(/C#N)C(=O)NCCCCCC(=O)O. The fourth-order valence-corrected chi connectivity index (χ4v) is 1.47. The third-order valence-electron chi connectivity index (χ3n) is 2.67. The molecular formula is C14H21N3O5. The minimum absolute atomic E-state index is 0.0876. The average Bonchev–Trinajstić information content (AvgIpc) is 2.49. The maximum atomic E-state index is 11.7. The van der Waals surface area contributed by atoms with Crippen LogP contribution in [0.4, 0.5) is 0 Å². The fourth-order valence-electron chi connectivity index (χ4n) is 1.47. The number of nitrogens with zero attached hydrogens (tertiary/aromatic N) is 1. The van der Waals surface area contributed by atoms with Gasteiger partial charge in [0.05, 0.1) is 13.5 Å². The summed E-state index contributed by atoms with van der Waals surface area (Å²) < 4.78 is 4.45. The van der Waals surface area contributed by atoms with Gasteiger partial charge in [-0.3, -0.25) is 14.4 Å². The first-order chi connectivity index (χ1) is 10.5. The Kier molecular flexibility index (Phi) is 10.8. The molecule has 0 fully saturated rings. The summed E-state index contributed by atoms with van der Waals surface area (Å²) in [4.78, 5) is 32.8. The van der Waals surface area contributed by atoms with Crippen molar-refractivity contribution in [1.29, 1.82) is 5.26 Å². The Balaban J connectivity index is 3.92. The Morgan fingerprint density at radius 3 is 2.50 bits per heavy atom. The first-order valence-electron chi connectivity index (χ1n) is 6.91. The number of nitrogens with one attached hydrogen (secondary N) is 2. The smallest absolute Gasteiger partial charge is 0.307 e. The van der Waals surface area contributed by atoms with Crippen molar-refractivity contribution in [2.24, 2.45) is 0 Å². The van der Waals surface area contributed by atoms with Crippen LogP contribution in [0.1, 0.15) is 32.1 Å². The molecule has 22 heavy (non-hydrogen) atoms. The number of hydrogen-bond acceptors (Lipinski definition) is 6. The molecule has 0 aromatic heterocycles. The normalized spacial score (nSPS) is 10.5. The molecule has 0 bridgehead atoms. The van der Waals surface area contributed by atoms with Crippen LogP contribution in [-0.4, -0.2) is 43.2 Å². The van der Waals surface area contributed by atoms with Gasteiger partial charge in [0.2, 0.25) is 0 Å². The Morgan fingerprint density at radius 1 is 1.18 bits per heavy atom. The molecule has 0 aromatic rings. The summed E-state index contributed by atoms with van der Waals surface area (Å²) >= 11 is 0. The third kappa shape index (κ3) is 10.3. The molecule has 0 aromatic carbocycles. The number of aliphatic carboxylic acids is 1. The molecule has 0 aliphatic heterocycles. The lowest BCUT2D eigenvalue weighted by Crippen LogP contribution is -2.27. The molecule has 0 unspecified atom stereocenters. The Hall–Kier alpha value is -2.56. The number of carbonyl (C=O) groups excluding carboxylic acids is 2. The lowest BCUT2D eigenvalue weighted by atomic mass is 10.2. The largest absolute Gasteiger partial charge is 0.481 e. The minimum Gasteiger partial charge on any atom is -0.481 e. The van der Waals surface area contributed by atoms with Gasteiger partial charge in [0.25, 0.3) is 5.91 Å². The van der Waals surface area contributed by atoms with Gasteiger partial charge in [-0.2, -0.15) is 5.26 Å². The predicted octanol–water partition coefficient (Wildman–Crippen LogP) is 0.308. The van der Waals surface area contributed by atoms with Gasteiger partial charge in [0, 0.05) is 25.7 Å². The molecule has 0 aliphatic carbocycles.